The highest BCUT2D eigenvalue weighted by Crippen LogP contribution is 2.21. The molecule has 2 heterocycles. The number of hydrogen-bond donors (Lipinski definition) is 1. The van der Waals surface area contributed by atoms with Crippen LogP contribution >= 0.6 is 11.6 Å². The minimum absolute atomic E-state index is 0.316. The predicted molar refractivity (Wildman–Crippen MR) is 63.7 cm³/mol. The van der Waals surface area contributed by atoms with Gasteiger partial charge < -0.3 is 10.1 Å². The van der Waals surface area contributed by atoms with Crippen LogP contribution in [-0.4, -0.2) is 29.0 Å². The topological polar surface area (TPSA) is 39.1 Å². The molecule has 1 aromatic rings. The number of ether oxygens (including phenoxy) is 1. The first-order valence-electron chi connectivity index (χ1n) is 5.76. The minimum atomic E-state index is 0.316. The van der Waals surface area contributed by atoms with Gasteiger partial charge in [0.15, 0.2) is 0 Å². The fourth-order valence-electron chi connectivity index (χ4n) is 1.97. The van der Waals surface area contributed by atoms with E-state index >= 15 is 0 Å². The van der Waals surface area contributed by atoms with Gasteiger partial charge in [-0.1, -0.05) is 11.6 Å². The van der Waals surface area contributed by atoms with E-state index in [0.717, 1.165) is 42.5 Å². The molecular formula is C11H18ClN3O. The Morgan fingerprint density at radius 2 is 2.44 bits per heavy atom. The summed E-state index contributed by atoms with van der Waals surface area (Å²) in [6.45, 7) is 7.36. The first kappa shape index (κ1) is 11.9. The van der Waals surface area contributed by atoms with Gasteiger partial charge in [0.25, 0.3) is 0 Å². The zero-order valence-electron chi connectivity index (χ0n) is 9.79. The van der Waals surface area contributed by atoms with Crippen molar-refractivity contribution in [2.24, 2.45) is 0 Å². The van der Waals surface area contributed by atoms with Gasteiger partial charge in [-0.25, -0.2) is 0 Å². The van der Waals surface area contributed by atoms with Crippen molar-refractivity contribution in [2.75, 3.05) is 13.1 Å². The van der Waals surface area contributed by atoms with E-state index in [1.54, 1.807) is 0 Å². The van der Waals surface area contributed by atoms with Crippen LogP contribution in [0.15, 0.2) is 0 Å². The minimum Gasteiger partial charge on any atom is -0.371 e. The second kappa shape index (κ2) is 5.17. The Morgan fingerprint density at radius 1 is 1.62 bits per heavy atom. The van der Waals surface area contributed by atoms with E-state index in [9.17, 15) is 0 Å². The third-order valence-electron chi connectivity index (χ3n) is 2.92. The van der Waals surface area contributed by atoms with E-state index in [-0.39, 0.29) is 0 Å². The summed E-state index contributed by atoms with van der Waals surface area (Å²) >= 11 is 6.20. The quantitative estimate of drug-likeness (QED) is 0.876. The lowest BCUT2D eigenvalue weighted by Crippen LogP contribution is -2.17. The Kier molecular flexibility index (Phi) is 3.84. The van der Waals surface area contributed by atoms with Gasteiger partial charge in [0, 0.05) is 13.1 Å². The van der Waals surface area contributed by atoms with Crippen LogP contribution in [0.25, 0.3) is 0 Å². The lowest BCUT2D eigenvalue weighted by atomic mass is 10.3. The second-order valence-electron chi connectivity index (χ2n) is 4.09. The maximum Gasteiger partial charge on any atom is 0.0904 e. The van der Waals surface area contributed by atoms with E-state index in [1.807, 2.05) is 11.6 Å². The van der Waals surface area contributed by atoms with Crippen LogP contribution in [0.5, 0.6) is 0 Å². The predicted octanol–water partition coefficient (Wildman–Crippen LogP) is 1.74. The Morgan fingerprint density at radius 3 is 3.06 bits per heavy atom. The maximum absolute atomic E-state index is 6.20. The maximum atomic E-state index is 6.20. The van der Waals surface area contributed by atoms with E-state index in [4.69, 9.17) is 16.3 Å². The molecule has 0 bridgehead atoms. The molecule has 4 nitrogen and oxygen atoms in total. The normalized spacial score (nSPS) is 20.6. The monoisotopic (exact) mass is 243 g/mol. The summed E-state index contributed by atoms with van der Waals surface area (Å²) in [5, 5.41) is 8.38. The molecule has 0 spiro atoms. The van der Waals surface area contributed by atoms with Gasteiger partial charge >= 0.3 is 0 Å². The van der Waals surface area contributed by atoms with Gasteiger partial charge in [0.1, 0.15) is 0 Å². The van der Waals surface area contributed by atoms with Crippen LogP contribution < -0.4 is 5.32 Å². The molecule has 1 aliphatic rings. The lowest BCUT2D eigenvalue weighted by molar-refractivity contribution is 0.0501. The molecule has 0 amide bonds. The fourth-order valence-corrected chi connectivity index (χ4v) is 2.16. The molecule has 0 radical (unpaired) electrons. The third kappa shape index (κ3) is 2.39. The molecule has 0 aliphatic carbocycles. The third-order valence-corrected chi connectivity index (χ3v) is 3.42. The SMILES string of the molecule is CCn1nc(C)c(Cl)c1COC1CCNC1. The molecule has 0 aromatic carbocycles. The number of nitrogens with zero attached hydrogens (tertiary/aromatic N) is 2. The fraction of sp³-hybridized carbons (Fsp3) is 0.727. The first-order valence-corrected chi connectivity index (χ1v) is 6.14. The lowest BCUT2D eigenvalue weighted by Gasteiger charge is -2.11. The number of halogens is 1. The Balaban J connectivity index is 2.01. The zero-order chi connectivity index (χ0) is 11.5. The highest BCUT2D eigenvalue weighted by molar-refractivity contribution is 6.31. The molecule has 5 heteroatoms. The van der Waals surface area contributed by atoms with Crippen molar-refractivity contribution in [3.8, 4) is 0 Å². The van der Waals surface area contributed by atoms with Crippen LogP contribution in [0.1, 0.15) is 24.7 Å². The molecule has 1 fully saturated rings. The summed E-state index contributed by atoms with van der Waals surface area (Å²) in [6.07, 6.45) is 1.40. The van der Waals surface area contributed by atoms with Crippen molar-refractivity contribution in [3.63, 3.8) is 0 Å². The van der Waals surface area contributed by atoms with Gasteiger partial charge in [-0.15, -0.1) is 0 Å². The number of aryl methyl sites for hydroxylation is 2. The van der Waals surface area contributed by atoms with Gasteiger partial charge in [0.2, 0.25) is 0 Å². The molecule has 1 atom stereocenters. The average molecular weight is 244 g/mol. The molecule has 1 aromatic heterocycles. The van der Waals surface area contributed by atoms with Gasteiger partial charge in [-0.2, -0.15) is 5.10 Å². The van der Waals surface area contributed by atoms with Gasteiger partial charge in [-0.05, 0) is 26.8 Å². The molecule has 1 aliphatic heterocycles. The smallest absolute Gasteiger partial charge is 0.0904 e. The first-order chi connectivity index (χ1) is 7.72. The molecule has 90 valence electrons. The average Bonchev–Trinajstić information content (AvgIpc) is 2.87. The second-order valence-corrected chi connectivity index (χ2v) is 4.47. The van der Waals surface area contributed by atoms with Crippen LogP contribution in [0, 0.1) is 6.92 Å². The Labute approximate surface area is 101 Å². The number of hydrogen-bond acceptors (Lipinski definition) is 3. The number of nitrogens with one attached hydrogen (secondary N) is 1. The van der Waals surface area contributed by atoms with Crippen LogP contribution in [0.2, 0.25) is 5.02 Å². The summed E-state index contributed by atoms with van der Waals surface area (Å²) < 4.78 is 7.73. The summed E-state index contributed by atoms with van der Waals surface area (Å²) in [7, 11) is 0. The molecule has 2 rings (SSSR count). The van der Waals surface area contributed by atoms with Crippen LogP contribution in [-0.2, 0) is 17.9 Å². The van der Waals surface area contributed by atoms with E-state index in [0.29, 0.717) is 12.7 Å². The van der Waals surface area contributed by atoms with Gasteiger partial charge in [-0.3, -0.25) is 4.68 Å². The Bertz CT molecular complexity index is 358. The van der Waals surface area contributed by atoms with Crippen molar-refractivity contribution in [3.05, 3.63) is 16.4 Å². The van der Waals surface area contributed by atoms with Crippen molar-refractivity contribution in [2.45, 2.75) is 39.5 Å². The summed E-state index contributed by atoms with van der Waals surface area (Å²) in [6, 6.07) is 0. The highest BCUT2D eigenvalue weighted by Gasteiger charge is 2.18. The molecule has 1 N–H and O–H groups in total. The van der Waals surface area contributed by atoms with Crippen molar-refractivity contribution < 1.29 is 4.74 Å². The number of aromatic nitrogens is 2. The molecule has 16 heavy (non-hydrogen) atoms. The number of rotatable bonds is 4. The van der Waals surface area contributed by atoms with Gasteiger partial charge in [0.05, 0.1) is 29.1 Å². The summed E-state index contributed by atoms with van der Waals surface area (Å²) in [5.41, 5.74) is 1.88. The van der Waals surface area contributed by atoms with Crippen molar-refractivity contribution in [1.82, 2.24) is 15.1 Å². The highest BCUT2D eigenvalue weighted by atomic mass is 35.5. The molecule has 1 saturated heterocycles. The Hall–Kier alpha value is -0.580. The summed E-state index contributed by atoms with van der Waals surface area (Å²) in [4.78, 5) is 0. The zero-order valence-corrected chi connectivity index (χ0v) is 10.5. The largest absolute Gasteiger partial charge is 0.371 e. The van der Waals surface area contributed by atoms with Crippen molar-refractivity contribution in [1.29, 1.82) is 0 Å². The van der Waals surface area contributed by atoms with Crippen LogP contribution in [0.3, 0.4) is 0 Å². The molecule has 0 saturated carbocycles. The molecular weight excluding hydrogens is 226 g/mol. The van der Waals surface area contributed by atoms with E-state index < -0.39 is 0 Å². The van der Waals surface area contributed by atoms with Crippen molar-refractivity contribution >= 4 is 11.6 Å². The van der Waals surface area contributed by atoms with E-state index in [1.165, 1.54) is 0 Å². The summed E-state index contributed by atoms with van der Waals surface area (Å²) in [5.74, 6) is 0. The molecule has 1 unspecified atom stereocenters. The van der Waals surface area contributed by atoms with E-state index in [2.05, 4.69) is 17.3 Å². The standard InChI is InChI=1S/C11H18ClN3O/c1-3-15-10(11(12)8(2)14-15)7-16-9-4-5-13-6-9/h9,13H,3-7H2,1-2H3. The van der Waals surface area contributed by atoms with Crippen LogP contribution in [0.4, 0.5) is 0 Å².